The van der Waals surface area contributed by atoms with Gasteiger partial charge in [0.2, 0.25) is 0 Å². The van der Waals surface area contributed by atoms with Crippen LogP contribution in [0.5, 0.6) is 0 Å². The van der Waals surface area contributed by atoms with Crippen molar-refractivity contribution in [3.63, 3.8) is 0 Å². The summed E-state index contributed by atoms with van der Waals surface area (Å²) in [6, 6.07) is 8.79. The number of para-hydroxylation sites is 1. The molecule has 0 aromatic heterocycles. The van der Waals surface area contributed by atoms with E-state index in [4.69, 9.17) is 0 Å². The lowest BCUT2D eigenvalue weighted by Gasteiger charge is -2.29. The SMILES string of the molecule is CN1CCC(=C2CC2)c2ccccc21. The molecule has 1 aromatic rings. The Labute approximate surface area is 85.0 Å². The van der Waals surface area contributed by atoms with Crippen molar-refractivity contribution in [3.8, 4) is 0 Å². The second-order valence-electron chi connectivity index (χ2n) is 4.27. The molecule has 14 heavy (non-hydrogen) atoms. The van der Waals surface area contributed by atoms with E-state index in [-0.39, 0.29) is 0 Å². The van der Waals surface area contributed by atoms with E-state index in [2.05, 4.69) is 36.2 Å². The summed E-state index contributed by atoms with van der Waals surface area (Å²) in [4.78, 5) is 2.36. The predicted octanol–water partition coefficient (Wildman–Crippen LogP) is 3.07. The molecule has 1 aromatic carbocycles. The molecule has 1 aliphatic carbocycles. The van der Waals surface area contributed by atoms with Crippen LogP contribution in [0.25, 0.3) is 5.57 Å². The molecule has 0 bridgehead atoms. The Bertz CT molecular complexity index is 397. The number of fused-ring (bicyclic) bond motifs is 1. The molecule has 1 fully saturated rings. The van der Waals surface area contributed by atoms with E-state index in [1.165, 1.54) is 37.1 Å². The van der Waals surface area contributed by atoms with Crippen LogP contribution in [0.15, 0.2) is 29.8 Å². The number of rotatable bonds is 0. The molecule has 0 spiro atoms. The second-order valence-corrected chi connectivity index (χ2v) is 4.27. The number of hydrogen-bond donors (Lipinski definition) is 0. The van der Waals surface area contributed by atoms with Crippen LogP contribution in [0, 0.1) is 0 Å². The van der Waals surface area contributed by atoms with Crippen LogP contribution in [-0.4, -0.2) is 13.6 Å². The molecule has 0 amide bonds. The van der Waals surface area contributed by atoms with Gasteiger partial charge in [0.1, 0.15) is 0 Å². The standard InChI is InChI=1S/C13H15N/c1-14-9-8-11(10-6-7-10)12-4-2-3-5-13(12)14/h2-5H,6-9H2,1H3. The van der Waals surface area contributed by atoms with Crippen molar-refractivity contribution in [3.05, 3.63) is 35.4 Å². The summed E-state index contributed by atoms with van der Waals surface area (Å²) >= 11 is 0. The van der Waals surface area contributed by atoms with Crippen LogP contribution in [0.3, 0.4) is 0 Å². The lowest BCUT2D eigenvalue weighted by molar-refractivity contribution is 0.880. The summed E-state index contributed by atoms with van der Waals surface area (Å²) in [7, 11) is 2.19. The number of benzene rings is 1. The van der Waals surface area contributed by atoms with Crippen LogP contribution in [-0.2, 0) is 0 Å². The molecule has 0 N–H and O–H groups in total. The van der Waals surface area contributed by atoms with Gasteiger partial charge < -0.3 is 4.90 Å². The zero-order chi connectivity index (χ0) is 9.54. The lowest BCUT2D eigenvalue weighted by Crippen LogP contribution is -2.24. The summed E-state index contributed by atoms with van der Waals surface area (Å²) in [5.41, 5.74) is 6.23. The number of allylic oxidation sites excluding steroid dienone is 1. The van der Waals surface area contributed by atoms with E-state index in [1.807, 2.05) is 0 Å². The third-order valence-electron chi connectivity index (χ3n) is 3.26. The van der Waals surface area contributed by atoms with E-state index in [0.29, 0.717) is 0 Å². The van der Waals surface area contributed by atoms with Crippen molar-refractivity contribution in [2.45, 2.75) is 19.3 Å². The smallest absolute Gasteiger partial charge is 0.0440 e. The minimum Gasteiger partial charge on any atom is -0.374 e. The van der Waals surface area contributed by atoms with Gasteiger partial charge in [-0.3, -0.25) is 0 Å². The van der Waals surface area contributed by atoms with E-state index in [9.17, 15) is 0 Å². The maximum Gasteiger partial charge on any atom is 0.0440 e. The van der Waals surface area contributed by atoms with Crippen molar-refractivity contribution in [2.75, 3.05) is 18.5 Å². The van der Waals surface area contributed by atoms with Crippen LogP contribution < -0.4 is 4.90 Å². The first-order valence-electron chi connectivity index (χ1n) is 5.38. The van der Waals surface area contributed by atoms with Gasteiger partial charge in [0.25, 0.3) is 0 Å². The Morgan fingerprint density at radius 1 is 1.07 bits per heavy atom. The highest BCUT2D eigenvalue weighted by molar-refractivity contribution is 5.82. The molecule has 0 unspecified atom stereocenters. The molecule has 0 atom stereocenters. The lowest BCUT2D eigenvalue weighted by atomic mass is 9.95. The van der Waals surface area contributed by atoms with E-state index < -0.39 is 0 Å². The molecule has 0 radical (unpaired) electrons. The highest BCUT2D eigenvalue weighted by atomic mass is 15.1. The minimum absolute atomic E-state index is 1.18. The molecule has 3 rings (SSSR count). The second kappa shape index (κ2) is 2.88. The van der Waals surface area contributed by atoms with E-state index in [0.717, 1.165) is 0 Å². The first-order valence-corrected chi connectivity index (χ1v) is 5.38. The van der Waals surface area contributed by atoms with Crippen molar-refractivity contribution in [1.82, 2.24) is 0 Å². The average Bonchev–Trinajstić information content (AvgIpc) is 3.03. The highest BCUT2D eigenvalue weighted by Gasteiger charge is 2.24. The summed E-state index contributed by atoms with van der Waals surface area (Å²) in [5, 5.41) is 0. The minimum atomic E-state index is 1.18. The maximum atomic E-state index is 2.36. The quantitative estimate of drug-likeness (QED) is 0.600. The summed E-state index contributed by atoms with van der Waals surface area (Å²) in [6.45, 7) is 1.18. The zero-order valence-electron chi connectivity index (χ0n) is 8.59. The third-order valence-corrected chi connectivity index (χ3v) is 3.26. The van der Waals surface area contributed by atoms with Crippen molar-refractivity contribution < 1.29 is 0 Å². The molecule has 72 valence electrons. The van der Waals surface area contributed by atoms with Gasteiger partial charge in [-0.05, 0) is 30.9 Å². The number of hydrogen-bond acceptors (Lipinski definition) is 1. The molecule has 1 saturated carbocycles. The third kappa shape index (κ3) is 1.16. The van der Waals surface area contributed by atoms with Gasteiger partial charge in [0.15, 0.2) is 0 Å². The van der Waals surface area contributed by atoms with Crippen molar-refractivity contribution in [2.24, 2.45) is 0 Å². The fraction of sp³-hybridized carbons (Fsp3) is 0.385. The number of anilines is 1. The van der Waals surface area contributed by atoms with Crippen molar-refractivity contribution in [1.29, 1.82) is 0 Å². The summed E-state index contributed by atoms with van der Waals surface area (Å²) in [6.07, 6.45) is 3.92. The molecular weight excluding hydrogens is 170 g/mol. The van der Waals surface area contributed by atoms with Gasteiger partial charge >= 0.3 is 0 Å². The van der Waals surface area contributed by atoms with Crippen molar-refractivity contribution >= 4 is 11.3 Å². The molecule has 1 nitrogen and oxygen atoms in total. The molecule has 1 aliphatic heterocycles. The molecule has 1 heterocycles. The van der Waals surface area contributed by atoms with Gasteiger partial charge in [-0.25, -0.2) is 0 Å². The van der Waals surface area contributed by atoms with Gasteiger partial charge in [0, 0.05) is 24.8 Å². The fourth-order valence-electron chi connectivity index (χ4n) is 2.33. The van der Waals surface area contributed by atoms with Gasteiger partial charge in [-0.1, -0.05) is 23.8 Å². The normalized spacial score (nSPS) is 19.6. The Balaban J connectivity index is 2.17. The van der Waals surface area contributed by atoms with Gasteiger partial charge in [-0.15, -0.1) is 0 Å². The predicted molar refractivity (Wildman–Crippen MR) is 60.5 cm³/mol. The molecule has 1 heteroatoms. The molecular formula is C13H15N. The van der Waals surface area contributed by atoms with Crippen LogP contribution in [0.1, 0.15) is 24.8 Å². The highest BCUT2D eigenvalue weighted by Crippen LogP contribution is 2.43. The monoisotopic (exact) mass is 185 g/mol. The first kappa shape index (κ1) is 8.10. The topological polar surface area (TPSA) is 3.24 Å². The summed E-state index contributed by atoms with van der Waals surface area (Å²) in [5.74, 6) is 0. The largest absolute Gasteiger partial charge is 0.374 e. The van der Waals surface area contributed by atoms with Crippen LogP contribution in [0.2, 0.25) is 0 Å². The first-order chi connectivity index (χ1) is 6.86. The Morgan fingerprint density at radius 2 is 1.86 bits per heavy atom. The van der Waals surface area contributed by atoms with E-state index >= 15 is 0 Å². The number of nitrogens with zero attached hydrogens (tertiary/aromatic N) is 1. The van der Waals surface area contributed by atoms with Crippen LogP contribution in [0.4, 0.5) is 5.69 Å². The van der Waals surface area contributed by atoms with E-state index in [1.54, 1.807) is 11.1 Å². The van der Waals surface area contributed by atoms with Crippen LogP contribution >= 0.6 is 0 Å². The maximum absolute atomic E-state index is 2.36. The Hall–Kier alpha value is -1.24. The molecule has 2 aliphatic rings. The summed E-state index contributed by atoms with van der Waals surface area (Å²) < 4.78 is 0. The fourth-order valence-corrected chi connectivity index (χ4v) is 2.33. The Kier molecular flexibility index (Phi) is 1.66. The zero-order valence-corrected chi connectivity index (χ0v) is 8.59. The van der Waals surface area contributed by atoms with Gasteiger partial charge in [-0.2, -0.15) is 0 Å². The Morgan fingerprint density at radius 3 is 2.64 bits per heavy atom. The average molecular weight is 185 g/mol. The van der Waals surface area contributed by atoms with Gasteiger partial charge in [0.05, 0.1) is 0 Å². The molecule has 0 saturated heterocycles.